The molecule has 0 aliphatic rings. The molecule has 2 rings (SSSR count). The van der Waals surface area contributed by atoms with E-state index in [4.69, 9.17) is 4.74 Å². The first kappa shape index (κ1) is 17.4. The van der Waals surface area contributed by atoms with Crippen LogP contribution in [0.25, 0.3) is 11.3 Å². The maximum absolute atomic E-state index is 11.3. The van der Waals surface area contributed by atoms with Crippen LogP contribution < -0.4 is 0 Å². The van der Waals surface area contributed by atoms with Crippen LogP contribution in [-0.4, -0.2) is 39.2 Å². The summed E-state index contributed by atoms with van der Waals surface area (Å²) in [6.07, 6.45) is 3.01. The Morgan fingerprint density at radius 3 is 2.61 bits per heavy atom. The molecule has 0 atom stereocenters. The number of ether oxygens (including phenoxy) is 1. The maximum atomic E-state index is 11.3. The van der Waals surface area contributed by atoms with Gasteiger partial charge in [-0.25, -0.2) is 4.68 Å². The molecule has 0 aliphatic heterocycles. The number of nitrogens with zero attached hydrogens (tertiary/aromatic N) is 5. The molecule has 0 N–H and O–H groups in total. The summed E-state index contributed by atoms with van der Waals surface area (Å²) in [6.45, 7) is 9.54. The van der Waals surface area contributed by atoms with Gasteiger partial charge in [0.25, 0.3) is 0 Å². The lowest BCUT2D eigenvalue weighted by Gasteiger charge is -2.15. The lowest BCUT2D eigenvalue weighted by molar-refractivity contribution is -0.384. The van der Waals surface area contributed by atoms with Gasteiger partial charge in [-0.1, -0.05) is 19.6 Å². The predicted molar refractivity (Wildman–Crippen MR) is 89.9 cm³/mol. The minimum Gasteiger partial charge on any atom is -0.360 e. The van der Waals surface area contributed by atoms with Gasteiger partial charge in [-0.2, -0.15) is 10.2 Å². The third kappa shape index (κ3) is 4.26. The van der Waals surface area contributed by atoms with Crippen LogP contribution in [0.5, 0.6) is 0 Å². The fourth-order valence-electron chi connectivity index (χ4n) is 2.07. The van der Waals surface area contributed by atoms with E-state index in [1.54, 1.807) is 17.9 Å². The number of aromatic nitrogens is 4. The van der Waals surface area contributed by atoms with E-state index in [1.165, 1.54) is 10.9 Å². The fourth-order valence-corrected chi connectivity index (χ4v) is 2.83. The van der Waals surface area contributed by atoms with Gasteiger partial charge in [0.1, 0.15) is 12.9 Å². The Morgan fingerprint density at radius 2 is 2.09 bits per heavy atom. The summed E-state index contributed by atoms with van der Waals surface area (Å²) in [5, 5.41) is 19.7. The average Bonchev–Trinajstić information content (AvgIpc) is 2.99. The van der Waals surface area contributed by atoms with Crippen LogP contribution in [0.2, 0.25) is 25.7 Å². The van der Waals surface area contributed by atoms with Crippen LogP contribution in [-0.2, 0) is 18.5 Å². The number of aryl methyl sites for hydroxylation is 1. The zero-order chi connectivity index (χ0) is 17.2. The molecule has 126 valence electrons. The number of nitro groups is 1. The van der Waals surface area contributed by atoms with Crippen molar-refractivity contribution in [3.63, 3.8) is 0 Å². The molecule has 0 saturated heterocycles. The lowest BCUT2D eigenvalue weighted by Crippen LogP contribution is -2.22. The molecule has 0 radical (unpaired) electrons. The van der Waals surface area contributed by atoms with Crippen molar-refractivity contribution in [2.75, 3.05) is 6.61 Å². The van der Waals surface area contributed by atoms with Crippen molar-refractivity contribution in [1.82, 2.24) is 19.6 Å². The van der Waals surface area contributed by atoms with Gasteiger partial charge in [0.2, 0.25) is 0 Å². The molecule has 2 aromatic heterocycles. The summed E-state index contributed by atoms with van der Waals surface area (Å²) >= 11 is 0. The van der Waals surface area contributed by atoms with E-state index in [0.29, 0.717) is 17.9 Å². The van der Waals surface area contributed by atoms with Crippen molar-refractivity contribution < 1.29 is 9.66 Å². The molecule has 23 heavy (non-hydrogen) atoms. The Kier molecular flexibility index (Phi) is 5.00. The Hall–Kier alpha value is -2.00. The van der Waals surface area contributed by atoms with Crippen LogP contribution in [0.15, 0.2) is 12.4 Å². The molecule has 0 aromatic carbocycles. The van der Waals surface area contributed by atoms with Gasteiger partial charge >= 0.3 is 5.69 Å². The summed E-state index contributed by atoms with van der Waals surface area (Å²) in [7, 11) is 0.643. The zero-order valence-corrected chi connectivity index (χ0v) is 15.2. The monoisotopic (exact) mass is 337 g/mol. The fraction of sp³-hybridized carbons (Fsp3) is 0.571. The van der Waals surface area contributed by atoms with Gasteiger partial charge < -0.3 is 4.74 Å². The molecule has 0 unspecified atom stereocenters. The van der Waals surface area contributed by atoms with E-state index in [9.17, 15) is 10.1 Å². The molecule has 9 heteroatoms. The molecule has 0 saturated carbocycles. The van der Waals surface area contributed by atoms with Crippen LogP contribution in [0.4, 0.5) is 5.69 Å². The third-order valence-corrected chi connectivity index (χ3v) is 5.35. The van der Waals surface area contributed by atoms with E-state index in [1.807, 2.05) is 6.92 Å². The predicted octanol–water partition coefficient (Wildman–Crippen LogP) is 2.81. The maximum Gasteiger partial charge on any atom is 0.315 e. The molecular formula is C14H23N5O3Si. The van der Waals surface area contributed by atoms with Crippen molar-refractivity contribution in [2.24, 2.45) is 7.05 Å². The highest BCUT2D eigenvalue weighted by Crippen LogP contribution is 2.30. The first-order chi connectivity index (χ1) is 10.7. The van der Waals surface area contributed by atoms with Gasteiger partial charge in [0.05, 0.1) is 16.7 Å². The number of hydrogen-bond donors (Lipinski definition) is 0. The van der Waals surface area contributed by atoms with E-state index in [-0.39, 0.29) is 12.4 Å². The van der Waals surface area contributed by atoms with Gasteiger partial charge in [-0.15, -0.1) is 0 Å². The molecule has 2 aromatic rings. The SMILES string of the molecule is Cc1c(-c2nn(COCC[Si](C)(C)C)cc2[N+](=O)[O-])cnn1C. The Bertz CT molecular complexity index is 702. The summed E-state index contributed by atoms with van der Waals surface area (Å²) in [6, 6.07) is 1.05. The minimum absolute atomic E-state index is 0.0325. The Morgan fingerprint density at radius 1 is 1.39 bits per heavy atom. The first-order valence-electron chi connectivity index (χ1n) is 7.47. The molecule has 0 fully saturated rings. The second-order valence-electron chi connectivity index (χ2n) is 6.77. The zero-order valence-electron chi connectivity index (χ0n) is 14.2. The van der Waals surface area contributed by atoms with Crippen molar-refractivity contribution in [3.8, 4) is 11.3 Å². The summed E-state index contributed by atoms with van der Waals surface area (Å²) in [5.74, 6) is 0. The average molecular weight is 337 g/mol. The highest BCUT2D eigenvalue weighted by atomic mass is 28.3. The second kappa shape index (κ2) is 6.63. The number of rotatable bonds is 7. The normalized spacial score (nSPS) is 11.9. The lowest BCUT2D eigenvalue weighted by atomic mass is 10.2. The molecule has 0 spiro atoms. The van der Waals surface area contributed by atoms with Crippen LogP contribution >= 0.6 is 0 Å². The minimum atomic E-state index is -1.15. The van der Waals surface area contributed by atoms with Gasteiger partial charge in [0.15, 0.2) is 5.69 Å². The van der Waals surface area contributed by atoms with E-state index in [2.05, 4.69) is 29.8 Å². The van der Waals surface area contributed by atoms with Crippen molar-refractivity contribution in [1.29, 1.82) is 0 Å². The molecule has 0 bridgehead atoms. The van der Waals surface area contributed by atoms with E-state index >= 15 is 0 Å². The second-order valence-corrected chi connectivity index (χ2v) is 12.4. The molecule has 2 heterocycles. The first-order valence-corrected chi connectivity index (χ1v) is 11.2. The molecular weight excluding hydrogens is 314 g/mol. The van der Waals surface area contributed by atoms with Crippen LogP contribution in [0, 0.1) is 17.0 Å². The Balaban J connectivity index is 2.16. The molecule has 0 amide bonds. The molecule has 8 nitrogen and oxygen atoms in total. The summed E-state index contributed by atoms with van der Waals surface area (Å²) < 4.78 is 8.75. The van der Waals surface area contributed by atoms with Crippen LogP contribution in [0.1, 0.15) is 5.69 Å². The Labute approximate surface area is 136 Å². The third-order valence-electron chi connectivity index (χ3n) is 3.65. The quantitative estimate of drug-likeness (QED) is 0.335. The highest BCUT2D eigenvalue weighted by molar-refractivity contribution is 6.76. The summed E-state index contributed by atoms with van der Waals surface area (Å²) in [4.78, 5) is 10.9. The summed E-state index contributed by atoms with van der Waals surface area (Å²) in [5.41, 5.74) is 1.79. The highest BCUT2D eigenvalue weighted by Gasteiger charge is 2.24. The molecule has 0 aliphatic carbocycles. The van der Waals surface area contributed by atoms with Crippen molar-refractivity contribution in [2.45, 2.75) is 39.3 Å². The standard InChI is InChI=1S/C14H23N5O3Si/c1-11-12(8-15-17(11)2)14-13(19(20)21)9-18(16-14)10-22-6-7-23(3,4)5/h8-9H,6-7,10H2,1-5H3. The van der Waals surface area contributed by atoms with E-state index < -0.39 is 13.0 Å². The largest absolute Gasteiger partial charge is 0.360 e. The van der Waals surface area contributed by atoms with E-state index in [0.717, 1.165) is 11.7 Å². The van der Waals surface area contributed by atoms with Crippen molar-refractivity contribution >= 4 is 13.8 Å². The van der Waals surface area contributed by atoms with Crippen LogP contribution in [0.3, 0.4) is 0 Å². The van der Waals surface area contributed by atoms with Gasteiger partial charge in [-0.3, -0.25) is 14.8 Å². The van der Waals surface area contributed by atoms with Gasteiger partial charge in [0, 0.05) is 27.4 Å². The van der Waals surface area contributed by atoms with Crippen molar-refractivity contribution in [3.05, 3.63) is 28.2 Å². The topological polar surface area (TPSA) is 88.0 Å². The number of hydrogen-bond acceptors (Lipinski definition) is 5. The van der Waals surface area contributed by atoms with Gasteiger partial charge in [-0.05, 0) is 13.0 Å². The smallest absolute Gasteiger partial charge is 0.315 e.